The van der Waals surface area contributed by atoms with Crippen LogP contribution in [0.4, 0.5) is 4.79 Å². The summed E-state index contributed by atoms with van der Waals surface area (Å²) in [7, 11) is 2.19. The van der Waals surface area contributed by atoms with Gasteiger partial charge in [-0.2, -0.15) is 5.10 Å². The Bertz CT molecular complexity index is 559. The second-order valence-electron chi connectivity index (χ2n) is 7.40. The third-order valence-electron chi connectivity index (χ3n) is 5.66. The van der Waals surface area contributed by atoms with E-state index in [1.54, 1.807) is 0 Å². The van der Waals surface area contributed by atoms with Crippen molar-refractivity contribution in [2.24, 2.45) is 5.92 Å². The summed E-state index contributed by atoms with van der Waals surface area (Å²) in [6.45, 7) is 10.9. The van der Waals surface area contributed by atoms with Crippen LogP contribution in [0, 0.1) is 12.8 Å². The van der Waals surface area contributed by atoms with E-state index in [0.717, 1.165) is 57.9 Å². The first-order chi connectivity index (χ1) is 12.0. The van der Waals surface area contributed by atoms with E-state index in [2.05, 4.69) is 44.3 Å². The monoisotopic (exact) mass is 349 g/mol. The van der Waals surface area contributed by atoms with Crippen LogP contribution >= 0.6 is 0 Å². The average Bonchev–Trinajstić information content (AvgIpc) is 3.05. The minimum absolute atomic E-state index is 0.00634. The minimum Gasteiger partial charge on any atom is -0.331 e. The van der Waals surface area contributed by atoms with Gasteiger partial charge in [0, 0.05) is 45.3 Å². The number of hydrogen-bond donors (Lipinski definition) is 2. The number of nitrogens with zero attached hydrogens (tertiary/aromatic N) is 5. The Hall–Kier alpha value is -1.67. The summed E-state index contributed by atoms with van der Waals surface area (Å²) in [5.41, 5.74) is 0. The quantitative estimate of drug-likeness (QED) is 0.835. The number of rotatable bonds is 4. The molecule has 0 saturated carbocycles. The highest BCUT2D eigenvalue weighted by Crippen LogP contribution is 2.24. The molecule has 1 atom stereocenters. The van der Waals surface area contributed by atoms with Crippen LogP contribution in [0.25, 0.3) is 0 Å². The number of aromatic nitrogens is 3. The largest absolute Gasteiger partial charge is 0.331 e. The van der Waals surface area contributed by atoms with Crippen LogP contribution in [0.5, 0.6) is 0 Å². The Morgan fingerprint density at radius 1 is 1.24 bits per heavy atom. The molecule has 3 heterocycles. The lowest BCUT2D eigenvalue weighted by Crippen LogP contribution is -2.52. The van der Waals surface area contributed by atoms with Gasteiger partial charge in [0.2, 0.25) is 0 Å². The van der Waals surface area contributed by atoms with Gasteiger partial charge in [0.15, 0.2) is 5.82 Å². The third-order valence-corrected chi connectivity index (χ3v) is 5.66. The summed E-state index contributed by atoms with van der Waals surface area (Å²) in [5.74, 6) is 2.08. The van der Waals surface area contributed by atoms with Crippen LogP contribution in [-0.4, -0.2) is 88.3 Å². The molecule has 2 aliphatic rings. The fraction of sp³-hybridized carbons (Fsp3) is 0.824. The molecule has 8 nitrogen and oxygen atoms in total. The van der Waals surface area contributed by atoms with Crippen molar-refractivity contribution in [1.82, 2.24) is 35.2 Å². The number of urea groups is 1. The second-order valence-corrected chi connectivity index (χ2v) is 7.40. The van der Waals surface area contributed by atoms with Crippen LogP contribution in [-0.2, 0) is 6.54 Å². The smallest absolute Gasteiger partial charge is 0.317 e. The number of amides is 2. The van der Waals surface area contributed by atoms with Crippen LogP contribution < -0.4 is 5.32 Å². The lowest BCUT2D eigenvalue weighted by molar-refractivity contribution is 0.0664. The molecule has 1 unspecified atom stereocenters. The van der Waals surface area contributed by atoms with E-state index in [9.17, 15) is 4.79 Å². The second kappa shape index (κ2) is 8.14. The SMILES string of the molecule is Cc1nc(CNC(=O)N2CCC(C(C)N3CCN(C)CC3)CC2)n[nH]1. The Kier molecular flexibility index (Phi) is 5.90. The molecule has 0 aromatic carbocycles. The fourth-order valence-electron chi connectivity index (χ4n) is 3.85. The maximum Gasteiger partial charge on any atom is 0.317 e. The Labute approximate surface area is 150 Å². The van der Waals surface area contributed by atoms with E-state index in [1.165, 1.54) is 0 Å². The molecule has 2 N–H and O–H groups in total. The van der Waals surface area contributed by atoms with Gasteiger partial charge in [-0.25, -0.2) is 9.78 Å². The highest BCUT2D eigenvalue weighted by atomic mass is 16.2. The molecule has 0 spiro atoms. The molecule has 1 aromatic rings. The molecule has 1 aromatic heterocycles. The summed E-state index contributed by atoms with van der Waals surface area (Å²) < 4.78 is 0. The van der Waals surface area contributed by atoms with Crippen molar-refractivity contribution in [3.05, 3.63) is 11.6 Å². The van der Waals surface area contributed by atoms with Crippen molar-refractivity contribution < 1.29 is 4.79 Å². The summed E-state index contributed by atoms with van der Waals surface area (Å²) in [6.07, 6.45) is 2.17. The van der Waals surface area contributed by atoms with Crippen molar-refractivity contribution in [3.8, 4) is 0 Å². The number of carbonyl (C=O) groups excluding carboxylic acids is 1. The number of piperidine rings is 1. The van der Waals surface area contributed by atoms with Gasteiger partial charge in [0.25, 0.3) is 0 Å². The van der Waals surface area contributed by atoms with E-state index >= 15 is 0 Å². The highest BCUT2D eigenvalue weighted by Gasteiger charge is 2.30. The van der Waals surface area contributed by atoms with Gasteiger partial charge < -0.3 is 15.1 Å². The summed E-state index contributed by atoms with van der Waals surface area (Å²) in [4.78, 5) is 23.5. The van der Waals surface area contributed by atoms with Gasteiger partial charge in [-0.15, -0.1) is 0 Å². The van der Waals surface area contributed by atoms with Gasteiger partial charge in [-0.1, -0.05) is 0 Å². The first-order valence-corrected chi connectivity index (χ1v) is 9.36. The number of nitrogens with one attached hydrogen (secondary N) is 2. The fourth-order valence-corrected chi connectivity index (χ4v) is 3.85. The van der Waals surface area contributed by atoms with Crippen LogP contribution in [0.2, 0.25) is 0 Å². The Balaban J connectivity index is 1.41. The maximum atomic E-state index is 12.3. The zero-order valence-electron chi connectivity index (χ0n) is 15.7. The first-order valence-electron chi connectivity index (χ1n) is 9.36. The molecule has 2 amide bonds. The topological polar surface area (TPSA) is 80.4 Å². The average molecular weight is 349 g/mol. The molecule has 25 heavy (non-hydrogen) atoms. The minimum atomic E-state index is -0.00634. The zero-order chi connectivity index (χ0) is 17.8. The van der Waals surface area contributed by atoms with Crippen molar-refractivity contribution in [2.75, 3.05) is 46.3 Å². The number of aryl methyl sites for hydroxylation is 1. The molecular formula is C17H31N7O. The molecule has 0 aliphatic carbocycles. The van der Waals surface area contributed by atoms with Crippen LogP contribution in [0.3, 0.4) is 0 Å². The van der Waals surface area contributed by atoms with E-state index in [0.29, 0.717) is 24.3 Å². The molecule has 0 radical (unpaired) electrons. The molecule has 140 valence electrons. The summed E-state index contributed by atoms with van der Waals surface area (Å²) in [6, 6.07) is 0.600. The number of H-pyrrole nitrogens is 1. The lowest BCUT2D eigenvalue weighted by atomic mass is 9.89. The van der Waals surface area contributed by atoms with Gasteiger partial charge in [-0.05, 0) is 39.7 Å². The summed E-state index contributed by atoms with van der Waals surface area (Å²) in [5, 5.41) is 9.76. The van der Waals surface area contributed by atoms with Gasteiger partial charge in [0.05, 0.1) is 6.54 Å². The van der Waals surface area contributed by atoms with Crippen molar-refractivity contribution in [1.29, 1.82) is 0 Å². The standard InChI is InChI=1S/C17H31N7O/c1-13(23-10-8-22(3)9-11-23)15-4-6-24(7-5-15)17(25)18-12-16-19-14(2)20-21-16/h13,15H,4-12H2,1-3H3,(H,18,25)(H,19,20,21). The van der Waals surface area contributed by atoms with E-state index in [1.807, 2.05) is 11.8 Å². The first kappa shape index (κ1) is 18.1. The molecule has 2 saturated heterocycles. The Morgan fingerprint density at radius 2 is 1.92 bits per heavy atom. The van der Waals surface area contributed by atoms with E-state index < -0.39 is 0 Å². The summed E-state index contributed by atoms with van der Waals surface area (Å²) >= 11 is 0. The highest BCUT2D eigenvalue weighted by molar-refractivity contribution is 5.74. The lowest BCUT2D eigenvalue weighted by Gasteiger charge is -2.42. The predicted molar refractivity (Wildman–Crippen MR) is 96.2 cm³/mol. The van der Waals surface area contributed by atoms with E-state index in [4.69, 9.17) is 0 Å². The van der Waals surface area contributed by atoms with Crippen LogP contribution in [0.1, 0.15) is 31.4 Å². The third kappa shape index (κ3) is 4.70. The molecular weight excluding hydrogens is 318 g/mol. The van der Waals surface area contributed by atoms with Crippen molar-refractivity contribution >= 4 is 6.03 Å². The predicted octanol–water partition coefficient (Wildman–Crippen LogP) is 0.671. The number of likely N-dealkylation sites (tertiary alicyclic amines) is 1. The van der Waals surface area contributed by atoms with Crippen LogP contribution in [0.15, 0.2) is 0 Å². The zero-order valence-corrected chi connectivity index (χ0v) is 15.7. The number of piperazine rings is 1. The molecule has 0 bridgehead atoms. The number of aromatic amines is 1. The number of likely N-dealkylation sites (N-methyl/N-ethyl adjacent to an activating group) is 1. The molecule has 3 rings (SSSR count). The number of hydrogen-bond acceptors (Lipinski definition) is 5. The van der Waals surface area contributed by atoms with Gasteiger partial charge >= 0.3 is 6.03 Å². The molecule has 2 aliphatic heterocycles. The van der Waals surface area contributed by atoms with E-state index in [-0.39, 0.29) is 6.03 Å². The van der Waals surface area contributed by atoms with Gasteiger partial charge in [-0.3, -0.25) is 10.00 Å². The normalized spacial score (nSPS) is 22.1. The van der Waals surface area contributed by atoms with Crippen molar-refractivity contribution in [2.45, 2.75) is 39.3 Å². The maximum absolute atomic E-state index is 12.3. The van der Waals surface area contributed by atoms with Crippen molar-refractivity contribution in [3.63, 3.8) is 0 Å². The van der Waals surface area contributed by atoms with Gasteiger partial charge in [0.1, 0.15) is 5.82 Å². The number of carbonyl (C=O) groups is 1. The molecule has 2 fully saturated rings. The molecule has 8 heteroatoms. The Morgan fingerprint density at radius 3 is 2.52 bits per heavy atom.